The molecule has 2 amide bonds. The Balaban J connectivity index is 1.81. The maximum Gasteiger partial charge on any atom is 0.256 e. The van der Waals surface area contributed by atoms with Crippen LogP contribution in [0.1, 0.15) is 25.3 Å². The van der Waals surface area contributed by atoms with Crippen LogP contribution in [0.4, 0.5) is 5.69 Å². The van der Waals surface area contributed by atoms with Crippen LogP contribution in [0.25, 0.3) is 0 Å². The van der Waals surface area contributed by atoms with Crippen molar-refractivity contribution in [2.75, 3.05) is 38.1 Å². The van der Waals surface area contributed by atoms with Crippen molar-refractivity contribution >= 4 is 17.5 Å². The van der Waals surface area contributed by atoms with E-state index in [1.54, 1.807) is 9.80 Å². The second-order valence-corrected chi connectivity index (χ2v) is 6.85. The summed E-state index contributed by atoms with van der Waals surface area (Å²) in [5, 5.41) is 10.9. The van der Waals surface area contributed by atoms with Crippen LogP contribution in [0.5, 0.6) is 0 Å². The zero-order chi connectivity index (χ0) is 17.3. The van der Waals surface area contributed by atoms with Crippen LogP contribution in [0.15, 0.2) is 24.3 Å². The van der Waals surface area contributed by atoms with Crippen LogP contribution in [0, 0.1) is 0 Å². The van der Waals surface area contributed by atoms with Crippen molar-refractivity contribution in [3.05, 3.63) is 29.8 Å². The molecule has 0 aromatic heterocycles. The molecule has 2 aliphatic heterocycles. The van der Waals surface area contributed by atoms with Gasteiger partial charge >= 0.3 is 0 Å². The minimum absolute atomic E-state index is 0.0924. The maximum absolute atomic E-state index is 13.0. The summed E-state index contributed by atoms with van der Waals surface area (Å²) in [5.41, 5.74) is 0.726. The first-order valence-electron chi connectivity index (χ1n) is 8.47. The molecule has 6 heteroatoms. The van der Waals surface area contributed by atoms with Crippen LogP contribution in [0.3, 0.4) is 0 Å². The molecule has 1 N–H and O–H groups in total. The van der Waals surface area contributed by atoms with Gasteiger partial charge in [-0.2, -0.15) is 0 Å². The number of hydrogen-bond acceptors (Lipinski definition) is 4. The van der Waals surface area contributed by atoms with Gasteiger partial charge in [-0.3, -0.25) is 9.59 Å². The number of aliphatic hydroxyl groups is 1. The predicted molar refractivity (Wildman–Crippen MR) is 91.6 cm³/mol. The van der Waals surface area contributed by atoms with Gasteiger partial charge in [0.05, 0.1) is 6.54 Å². The lowest BCUT2D eigenvalue weighted by Crippen LogP contribution is -2.59. The van der Waals surface area contributed by atoms with Crippen molar-refractivity contribution in [3.63, 3.8) is 0 Å². The quantitative estimate of drug-likeness (QED) is 0.828. The van der Waals surface area contributed by atoms with Gasteiger partial charge in [-0.05, 0) is 24.5 Å². The molecule has 1 aromatic rings. The van der Waals surface area contributed by atoms with Crippen LogP contribution in [-0.2, 0) is 16.1 Å². The molecule has 0 bridgehead atoms. The first kappa shape index (κ1) is 16.8. The smallest absolute Gasteiger partial charge is 0.256 e. The molecule has 1 aromatic carbocycles. The monoisotopic (exact) mass is 331 g/mol. The van der Waals surface area contributed by atoms with Crippen molar-refractivity contribution in [1.82, 2.24) is 9.80 Å². The fourth-order valence-electron chi connectivity index (χ4n) is 3.64. The molecule has 0 spiro atoms. The number of carbonyl (C=O) groups is 2. The van der Waals surface area contributed by atoms with Crippen molar-refractivity contribution in [2.24, 2.45) is 0 Å². The number of hydrogen-bond donors (Lipinski definition) is 1. The van der Waals surface area contributed by atoms with Crippen LogP contribution < -0.4 is 4.90 Å². The number of amides is 2. The van der Waals surface area contributed by atoms with Gasteiger partial charge in [0.2, 0.25) is 5.91 Å². The van der Waals surface area contributed by atoms with E-state index in [9.17, 15) is 14.7 Å². The van der Waals surface area contributed by atoms with E-state index in [0.29, 0.717) is 32.5 Å². The summed E-state index contributed by atoms with van der Waals surface area (Å²) in [6, 6.07) is 8.03. The fraction of sp³-hybridized carbons (Fsp3) is 0.556. The summed E-state index contributed by atoms with van der Waals surface area (Å²) in [5.74, 6) is -0.361. The number of likely N-dealkylation sites (N-methyl/N-ethyl adjacent to an activating group) is 1. The average molecular weight is 331 g/mol. The number of piperidine rings is 1. The molecule has 130 valence electrons. The minimum Gasteiger partial charge on any atom is -0.378 e. The molecule has 24 heavy (non-hydrogen) atoms. The lowest BCUT2D eigenvalue weighted by Gasteiger charge is -2.40. The summed E-state index contributed by atoms with van der Waals surface area (Å²) < 4.78 is 0. The summed E-state index contributed by atoms with van der Waals surface area (Å²) >= 11 is 0. The standard InChI is InChI=1S/C18H25N3O3/c1-14(22)21-9-5-8-18(24,13-21)17(23)20-11-10-19(2)16-7-4-3-6-15(16)12-20/h3-4,6-7,24H,5,8-13H2,1-2H3/t18-/m0/s1. The Morgan fingerprint density at radius 3 is 2.62 bits per heavy atom. The lowest BCUT2D eigenvalue weighted by atomic mass is 9.91. The summed E-state index contributed by atoms with van der Waals surface area (Å²) in [7, 11) is 2.01. The topological polar surface area (TPSA) is 64.1 Å². The molecule has 3 rings (SSSR count). The number of anilines is 1. The number of nitrogens with zero attached hydrogens (tertiary/aromatic N) is 3. The Morgan fingerprint density at radius 1 is 1.12 bits per heavy atom. The van der Waals surface area contributed by atoms with Gasteiger partial charge in [-0.15, -0.1) is 0 Å². The summed E-state index contributed by atoms with van der Waals surface area (Å²) in [6.07, 6.45) is 1.05. The zero-order valence-electron chi connectivity index (χ0n) is 14.4. The molecule has 2 aliphatic rings. The molecule has 0 saturated carbocycles. The molecule has 2 heterocycles. The van der Waals surface area contributed by atoms with Gasteiger partial charge < -0.3 is 19.8 Å². The highest BCUT2D eigenvalue weighted by Crippen LogP contribution is 2.28. The second kappa shape index (κ2) is 6.43. The number of para-hydroxylation sites is 1. The van der Waals surface area contributed by atoms with Gasteiger partial charge in [-0.1, -0.05) is 18.2 Å². The SMILES string of the molecule is CC(=O)N1CCC[C@@](O)(C(=O)N2CCN(C)c3ccccc3C2)C1. The molecule has 1 saturated heterocycles. The predicted octanol–water partition coefficient (Wildman–Crippen LogP) is 0.838. The molecule has 0 unspecified atom stereocenters. The van der Waals surface area contributed by atoms with Gasteiger partial charge in [0.25, 0.3) is 5.91 Å². The third-order valence-electron chi connectivity index (χ3n) is 5.07. The van der Waals surface area contributed by atoms with E-state index >= 15 is 0 Å². The van der Waals surface area contributed by atoms with Crippen molar-refractivity contribution in [2.45, 2.75) is 31.9 Å². The number of rotatable bonds is 1. The number of benzene rings is 1. The lowest BCUT2D eigenvalue weighted by molar-refractivity contribution is -0.160. The van der Waals surface area contributed by atoms with Crippen molar-refractivity contribution < 1.29 is 14.7 Å². The van der Waals surface area contributed by atoms with Gasteiger partial charge in [-0.25, -0.2) is 0 Å². The fourth-order valence-corrected chi connectivity index (χ4v) is 3.64. The number of carbonyl (C=O) groups excluding carboxylic acids is 2. The molecular formula is C18H25N3O3. The number of β-amino-alcohol motifs (C(OH)–C–C–N with tert-alkyl or cyclic N) is 1. The van der Waals surface area contributed by atoms with Crippen molar-refractivity contribution in [3.8, 4) is 0 Å². The highest BCUT2D eigenvalue weighted by molar-refractivity contribution is 5.87. The molecular weight excluding hydrogens is 306 g/mol. The Morgan fingerprint density at radius 2 is 1.88 bits per heavy atom. The van der Waals surface area contributed by atoms with Crippen LogP contribution >= 0.6 is 0 Å². The third-order valence-corrected chi connectivity index (χ3v) is 5.07. The summed E-state index contributed by atoms with van der Waals surface area (Å²) in [4.78, 5) is 30.1. The molecule has 6 nitrogen and oxygen atoms in total. The highest BCUT2D eigenvalue weighted by Gasteiger charge is 2.43. The first-order chi connectivity index (χ1) is 11.4. The highest BCUT2D eigenvalue weighted by atomic mass is 16.3. The van der Waals surface area contributed by atoms with E-state index < -0.39 is 5.60 Å². The Labute approximate surface area is 142 Å². The largest absolute Gasteiger partial charge is 0.378 e. The average Bonchev–Trinajstić information content (AvgIpc) is 2.74. The third kappa shape index (κ3) is 3.11. The van der Waals surface area contributed by atoms with Gasteiger partial charge in [0.1, 0.15) is 0 Å². The minimum atomic E-state index is -1.47. The van der Waals surface area contributed by atoms with E-state index in [1.807, 2.05) is 25.2 Å². The van der Waals surface area contributed by atoms with Crippen LogP contribution in [0.2, 0.25) is 0 Å². The molecule has 0 aliphatic carbocycles. The number of fused-ring (bicyclic) bond motifs is 1. The van der Waals surface area contributed by atoms with E-state index in [0.717, 1.165) is 17.8 Å². The van der Waals surface area contributed by atoms with E-state index in [4.69, 9.17) is 0 Å². The maximum atomic E-state index is 13.0. The Hall–Kier alpha value is -2.08. The summed E-state index contributed by atoms with van der Waals surface area (Å²) in [6.45, 7) is 3.95. The van der Waals surface area contributed by atoms with Gasteiger partial charge in [0, 0.05) is 45.8 Å². The van der Waals surface area contributed by atoms with E-state index in [1.165, 1.54) is 6.92 Å². The van der Waals surface area contributed by atoms with Crippen molar-refractivity contribution in [1.29, 1.82) is 0 Å². The molecule has 1 atom stereocenters. The molecule has 0 radical (unpaired) electrons. The van der Waals surface area contributed by atoms with E-state index in [-0.39, 0.29) is 18.4 Å². The van der Waals surface area contributed by atoms with E-state index in [2.05, 4.69) is 11.0 Å². The number of likely N-dealkylation sites (tertiary alicyclic amines) is 1. The Bertz CT molecular complexity index is 648. The van der Waals surface area contributed by atoms with Gasteiger partial charge in [0.15, 0.2) is 5.60 Å². The normalized spacial score (nSPS) is 24.4. The Kier molecular flexibility index (Phi) is 4.49. The molecule has 1 fully saturated rings. The zero-order valence-corrected chi connectivity index (χ0v) is 14.4. The van der Waals surface area contributed by atoms with Crippen LogP contribution in [-0.4, -0.2) is 65.5 Å². The first-order valence-corrected chi connectivity index (χ1v) is 8.47. The second-order valence-electron chi connectivity index (χ2n) is 6.85.